The molecule has 0 radical (unpaired) electrons. The number of anilines is 2. The zero-order chi connectivity index (χ0) is 19.3. The topological polar surface area (TPSA) is 79.8 Å². The molecule has 0 bridgehead atoms. The molecule has 0 spiro atoms. The Balaban J connectivity index is 1.73. The Labute approximate surface area is 161 Å². The predicted octanol–water partition coefficient (Wildman–Crippen LogP) is 3.37. The Kier molecular flexibility index (Phi) is 8.76. The van der Waals surface area contributed by atoms with Gasteiger partial charge in [-0.2, -0.15) is 0 Å². The van der Waals surface area contributed by atoms with E-state index >= 15 is 0 Å². The molecule has 1 aromatic heterocycles. The zero-order valence-electron chi connectivity index (χ0n) is 16.3. The molecule has 0 aliphatic heterocycles. The van der Waals surface area contributed by atoms with Crippen LogP contribution in [0.25, 0.3) is 0 Å². The number of ether oxygens (including phenoxy) is 2. The molecule has 2 rings (SSSR count). The lowest BCUT2D eigenvalue weighted by atomic mass is 10.2. The van der Waals surface area contributed by atoms with Gasteiger partial charge in [0.1, 0.15) is 5.82 Å². The van der Waals surface area contributed by atoms with Crippen molar-refractivity contribution in [3.8, 4) is 11.5 Å². The molecule has 27 heavy (non-hydrogen) atoms. The first-order valence-corrected chi connectivity index (χ1v) is 9.20. The van der Waals surface area contributed by atoms with Crippen LogP contribution in [0.5, 0.6) is 11.5 Å². The summed E-state index contributed by atoms with van der Waals surface area (Å²) in [6.45, 7) is 4.25. The average Bonchev–Trinajstić information content (AvgIpc) is 2.71. The van der Waals surface area contributed by atoms with Gasteiger partial charge in [-0.25, -0.2) is 4.98 Å². The molecule has 0 aliphatic rings. The van der Waals surface area contributed by atoms with E-state index in [-0.39, 0.29) is 0 Å². The summed E-state index contributed by atoms with van der Waals surface area (Å²) in [5.74, 6) is 3.06. The normalized spacial score (nSPS) is 11.0. The number of aliphatic imine (C=N–C) groups is 1. The molecule has 0 aliphatic carbocycles. The highest BCUT2D eigenvalue weighted by Crippen LogP contribution is 2.30. The van der Waals surface area contributed by atoms with Crippen LogP contribution < -0.4 is 25.4 Å². The van der Waals surface area contributed by atoms with Crippen LogP contribution in [0.4, 0.5) is 11.5 Å². The highest BCUT2D eigenvalue weighted by atomic mass is 16.5. The fraction of sp³-hybridized carbons (Fsp3) is 0.400. The van der Waals surface area contributed by atoms with Crippen molar-refractivity contribution in [1.82, 2.24) is 10.3 Å². The third-order valence-electron chi connectivity index (χ3n) is 3.82. The SMILES string of the molecule is CCOc1cc(NC(=NC)NCCCCNc2ccccn2)ccc1OC. The molecule has 0 fully saturated rings. The summed E-state index contributed by atoms with van der Waals surface area (Å²) >= 11 is 0. The van der Waals surface area contributed by atoms with Crippen LogP contribution in [-0.4, -0.2) is 44.8 Å². The van der Waals surface area contributed by atoms with E-state index in [1.54, 1.807) is 20.4 Å². The van der Waals surface area contributed by atoms with Crippen LogP contribution in [0.15, 0.2) is 47.6 Å². The molecule has 0 unspecified atom stereocenters. The van der Waals surface area contributed by atoms with Crippen molar-refractivity contribution in [1.29, 1.82) is 0 Å². The highest BCUT2D eigenvalue weighted by Gasteiger charge is 2.06. The summed E-state index contributed by atoms with van der Waals surface area (Å²) in [4.78, 5) is 8.51. The van der Waals surface area contributed by atoms with Gasteiger partial charge in [0.05, 0.1) is 13.7 Å². The first-order valence-electron chi connectivity index (χ1n) is 9.20. The van der Waals surface area contributed by atoms with Crippen molar-refractivity contribution >= 4 is 17.5 Å². The second-order valence-electron chi connectivity index (χ2n) is 5.77. The van der Waals surface area contributed by atoms with Gasteiger partial charge >= 0.3 is 0 Å². The molecule has 1 heterocycles. The van der Waals surface area contributed by atoms with Gasteiger partial charge in [-0.15, -0.1) is 0 Å². The molecule has 1 aromatic carbocycles. The number of pyridine rings is 1. The molecule has 0 saturated heterocycles. The lowest BCUT2D eigenvalue weighted by Gasteiger charge is -2.14. The second kappa shape index (κ2) is 11.6. The molecule has 146 valence electrons. The zero-order valence-corrected chi connectivity index (χ0v) is 16.3. The van der Waals surface area contributed by atoms with E-state index in [1.165, 1.54) is 0 Å². The van der Waals surface area contributed by atoms with Crippen molar-refractivity contribution in [2.75, 3.05) is 44.5 Å². The van der Waals surface area contributed by atoms with E-state index < -0.39 is 0 Å². The summed E-state index contributed by atoms with van der Waals surface area (Å²) in [7, 11) is 3.39. The van der Waals surface area contributed by atoms with Crippen molar-refractivity contribution in [3.05, 3.63) is 42.6 Å². The number of guanidine groups is 1. The molecule has 0 saturated carbocycles. The summed E-state index contributed by atoms with van der Waals surface area (Å²) < 4.78 is 10.9. The van der Waals surface area contributed by atoms with Crippen LogP contribution in [0.3, 0.4) is 0 Å². The molecule has 0 amide bonds. The Bertz CT molecular complexity index is 707. The Morgan fingerprint density at radius 1 is 1.11 bits per heavy atom. The molecule has 2 aromatic rings. The Morgan fingerprint density at radius 3 is 2.67 bits per heavy atom. The van der Waals surface area contributed by atoms with E-state index in [2.05, 4.69) is 25.9 Å². The minimum absolute atomic E-state index is 0.583. The van der Waals surface area contributed by atoms with Crippen LogP contribution in [0.1, 0.15) is 19.8 Å². The van der Waals surface area contributed by atoms with Crippen LogP contribution >= 0.6 is 0 Å². The quantitative estimate of drug-likeness (QED) is 0.338. The maximum absolute atomic E-state index is 5.61. The lowest BCUT2D eigenvalue weighted by Crippen LogP contribution is -2.31. The van der Waals surface area contributed by atoms with Gasteiger partial charge in [0.25, 0.3) is 0 Å². The monoisotopic (exact) mass is 371 g/mol. The van der Waals surface area contributed by atoms with Gasteiger partial charge < -0.3 is 25.4 Å². The summed E-state index contributed by atoms with van der Waals surface area (Å²) in [5.41, 5.74) is 0.893. The van der Waals surface area contributed by atoms with Gasteiger partial charge in [0, 0.05) is 38.1 Å². The number of benzene rings is 1. The standard InChI is InChI=1S/C20H29N5O2/c1-4-27-18-15-16(10-11-17(18)26-3)25-20(21-2)24-14-8-7-13-23-19-9-5-6-12-22-19/h5-6,9-12,15H,4,7-8,13-14H2,1-3H3,(H,22,23)(H2,21,24,25). The molecular formula is C20H29N5O2. The molecule has 0 atom stereocenters. The summed E-state index contributed by atoms with van der Waals surface area (Å²) in [6, 6.07) is 11.6. The third kappa shape index (κ3) is 7.05. The van der Waals surface area contributed by atoms with Gasteiger partial charge in [0.15, 0.2) is 17.5 Å². The maximum atomic E-state index is 5.61. The van der Waals surface area contributed by atoms with Crippen molar-refractivity contribution in [3.63, 3.8) is 0 Å². The smallest absolute Gasteiger partial charge is 0.195 e. The number of unbranched alkanes of at least 4 members (excludes halogenated alkanes) is 1. The maximum Gasteiger partial charge on any atom is 0.195 e. The van der Waals surface area contributed by atoms with Crippen molar-refractivity contribution in [2.45, 2.75) is 19.8 Å². The van der Waals surface area contributed by atoms with Gasteiger partial charge in [-0.1, -0.05) is 6.07 Å². The van der Waals surface area contributed by atoms with Gasteiger partial charge in [0.2, 0.25) is 0 Å². The molecule has 7 heteroatoms. The van der Waals surface area contributed by atoms with Crippen LogP contribution in [-0.2, 0) is 0 Å². The van der Waals surface area contributed by atoms with Crippen molar-refractivity contribution in [2.24, 2.45) is 4.99 Å². The lowest BCUT2D eigenvalue weighted by molar-refractivity contribution is 0.311. The first kappa shape index (κ1) is 20.4. The van der Waals surface area contributed by atoms with E-state index in [4.69, 9.17) is 9.47 Å². The number of nitrogens with zero attached hydrogens (tertiary/aromatic N) is 2. The molecule has 3 N–H and O–H groups in total. The summed E-state index contributed by atoms with van der Waals surface area (Å²) in [5, 5.41) is 9.90. The van der Waals surface area contributed by atoms with E-state index in [0.717, 1.165) is 43.4 Å². The predicted molar refractivity (Wildman–Crippen MR) is 111 cm³/mol. The average molecular weight is 371 g/mol. The highest BCUT2D eigenvalue weighted by molar-refractivity contribution is 5.93. The summed E-state index contributed by atoms with van der Waals surface area (Å²) in [6.07, 6.45) is 3.85. The molecular weight excluding hydrogens is 342 g/mol. The van der Waals surface area contributed by atoms with E-state index in [0.29, 0.717) is 18.1 Å². The number of methoxy groups -OCH3 is 1. The van der Waals surface area contributed by atoms with Crippen LogP contribution in [0, 0.1) is 0 Å². The number of rotatable bonds is 10. The number of nitrogens with one attached hydrogen (secondary N) is 3. The second-order valence-corrected chi connectivity index (χ2v) is 5.77. The fourth-order valence-corrected chi connectivity index (χ4v) is 2.48. The van der Waals surface area contributed by atoms with Gasteiger partial charge in [-0.3, -0.25) is 4.99 Å². The Morgan fingerprint density at radius 2 is 1.96 bits per heavy atom. The number of aromatic nitrogens is 1. The number of hydrogen-bond donors (Lipinski definition) is 3. The number of hydrogen-bond acceptors (Lipinski definition) is 5. The molecule has 7 nitrogen and oxygen atoms in total. The minimum atomic E-state index is 0.583. The van der Waals surface area contributed by atoms with Gasteiger partial charge in [-0.05, 0) is 44.0 Å². The van der Waals surface area contributed by atoms with E-state index in [1.807, 2.05) is 43.3 Å². The first-order chi connectivity index (χ1) is 13.3. The minimum Gasteiger partial charge on any atom is -0.493 e. The van der Waals surface area contributed by atoms with E-state index in [9.17, 15) is 0 Å². The van der Waals surface area contributed by atoms with Crippen molar-refractivity contribution < 1.29 is 9.47 Å². The van der Waals surface area contributed by atoms with Crippen LogP contribution in [0.2, 0.25) is 0 Å². The Hall–Kier alpha value is -2.96. The third-order valence-corrected chi connectivity index (χ3v) is 3.82. The largest absolute Gasteiger partial charge is 0.493 e. The fourth-order valence-electron chi connectivity index (χ4n) is 2.48.